The Kier molecular flexibility index (Phi) is 6.97. The first-order valence-corrected chi connectivity index (χ1v) is 13.2. The van der Waals surface area contributed by atoms with Crippen LogP contribution in [-0.2, 0) is 21.2 Å². The van der Waals surface area contributed by atoms with Gasteiger partial charge in [0, 0.05) is 30.9 Å². The maximum Gasteiger partial charge on any atom is 0.418 e. The molecule has 2 aliphatic rings. The van der Waals surface area contributed by atoms with E-state index in [0.29, 0.717) is 5.69 Å². The zero-order valence-corrected chi connectivity index (χ0v) is 22.7. The summed E-state index contributed by atoms with van der Waals surface area (Å²) >= 11 is 0. The highest BCUT2D eigenvalue weighted by Gasteiger charge is 2.59. The third-order valence-corrected chi connectivity index (χ3v) is 7.92. The Labute approximate surface area is 235 Å². The zero-order chi connectivity index (χ0) is 29.7. The molecule has 5 rings (SSSR count). The van der Waals surface area contributed by atoms with E-state index in [-0.39, 0.29) is 47.7 Å². The molecule has 3 heterocycles. The van der Waals surface area contributed by atoms with Gasteiger partial charge in [-0.2, -0.15) is 13.2 Å². The van der Waals surface area contributed by atoms with Crippen molar-refractivity contribution in [3.63, 3.8) is 0 Å². The summed E-state index contributed by atoms with van der Waals surface area (Å²) in [6.07, 6.45) is -4.02. The smallest absolute Gasteiger partial charge is 0.330 e. The van der Waals surface area contributed by atoms with Crippen LogP contribution >= 0.6 is 0 Å². The average Bonchev–Trinajstić information content (AvgIpc) is 3.47. The van der Waals surface area contributed by atoms with Crippen LogP contribution in [-0.4, -0.2) is 58.3 Å². The number of nitrogens with one attached hydrogen (secondary N) is 1. The monoisotopic (exact) mass is 563 g/mol. The summed E-state index contributed by atoms with van der Waals surface area (Å²) in [5, 5.41) is 3.01. The van der Waals surface area contributed by atoms with Gasteiger partial charge in [-0.25, -0.2) is 6.57 Å². The number of halogens is 3. The molecule has 3 amide bonds. The molecule has 3 atom stereocenters. The first-order chi connectivity index (χ1) is 19.4. The fourth-order valence-corrected chi connectivity index (χ4v) is 5.87. The van der Waals surface area contributed by atoms with Crippen LogP contribution < -0.4 is 5.32 Å². The lowest BCUT2D eigenvalue weighted by Gasteiger charge is -2.32. The second-order valence-corrected chi connectivity index (χ2v) is 11.0. The van der Waals surface area contributed by atoms with Gasteiger partial charge < -0.3 is 10.2 Å². The minimum Gasteiger partial charge on any atom is -0.330 e. The van der Waals surface area contributed by atoms with Crippen molar-refractivity contribution in [3.05, 3.63) is 82.8 Å². The number of benzene rings is 2. The number of rotatable bonds is 5. The molecule has 0 aliphatic carbocycles. The number of alkyl halides is 3. The second kappa shape index (κ2) is 10.2. The van der Waals surface area contributed by atoms with Crippen molar-refractivity contribution in [3.8, 4) is 0 Å². The number of anilines is 1. The molecule has 1 spiro atoms. The number of carbonyl (C=O) groups is 3. The largest absolute Gasteiger partial charge is 0.418 e. The van der Waals surface area contributed by atoms with Crippen LogP contribution in [0.4, 0.5) is 18.9 Å². The van der Waals surface area contributed by atoms with Crippen LogP contribution in [0.15, 0.2) is 54.7 Å². The summed E-state index contributed by atoms with van der Waals surface area (Å²) in [7, 11) is 1.46. The Hall–Kier alpha value is -4.46. The molecule has 0 unspecified atom stereocenters. The number of likely N-dealkylation sites (N-methyl/N-ethyl adjacent to an activating group) is 1. The van der Waals surface area contributed by atoms with Gasteiger partial charge in [-0.15, -0.1) is 0 Å². The van der Waals surface area contributed by atoms with Gasteiger partial charge in [0.25, 0.3) is 11.8 Å². The van der Waals surface area contributed by atoms with Crippen LogP contribution in [0, 0.1) is 12.5 Å². The highest BCUT2D eigenvalue weighted by atomic mass is 19.4. The van der Waals surface area contributed by atoms with E-state index in [0.717, 1.165) is 17.8 Å². The van der Waals surface area contributed by atoms with Gasteiger partial charge in [-0.3, -0.25) is 29.1 Å². The lowest BCUT2D eigenvalue weighted by atomic mass is 9.80. The van der Waals surface area contributed by atoms with Gasteiger partial charge in [-0.1, -0.05) is 44.2 Å². The van der Waals surface area contributed by atoms with Gasteiger partial charge in [0.1, 0.15) is 11.5 Å². The molecule has 11 heteroatoms. The van der Waals surface area contributed by atoms with Crippen molar-refractivity contribution < 1.29 is 27.6 Å². The van der Waals surface area contributed by atoms with E-state index in [1.54, 1.807) is 12.1 Å². The maximum atomic E-state index is 14.1. The van der Waals surface area contributed by atoms with Crippen molar-refractivity contribution in [1.82, 2.24) is 14.8 Å². The number of likely N-dealkylation sites (tertiary alicyclic amines) is 1. The van der Waals surface area contributed by atoms with E-state index < -0.39 is 41.2 Å². The van der Waals surface area contributed by atoms with Gasteiger partial charge in [0.2, 0.25) is 5.91 Å². The molecular formula is C30H28F3N5O3. The van der Waals surface area contributed by atoms with Crippen LogP contribution in [0.25, 0.3) is 15.7 Å². The van der Waals surface area contributed by atoms with Crippen LogP contribution in [0.3, 0.4) is 0 Å². The number of hydrogen-bond acceptors (Lipinski definition) is 4. The number of fused-ring (bicyclic) bond motifs is 3. The molecule has 0 radical (unpaired) electrons. The third kappa shape index (κ3) is 4.77. The molecule has 1 fully saturated rings. The van der Waals surface area contributed by atoms with Crippen molar-refractivity contribution in [2.75, 3.05) is 18.9 Å². The Morgan fingerprint density at radius 1 is 1.22 bits per heavy atom. The van der Waals surface area contributed by atoms with Gasteiger partial charge in [0.15, 0.2) is 0 Å². The molecule has 41 heavy (non-hydrogen) atoms. The lowest BCUT2D eigenvalue weighted by Crippen LogP contribution is -2.51. The van der Waals surface area contributed by atoms with Crippen molar-refractivity contribution in [2.24, 2.45) is 5.92 Å². The number of aromatic nitrogens is 1. The first kappa shape index (κ1) is 28.1. The Morgan fingerprint density at radius 2 is 1.95 bits per heavy atom. The molecule has 0 bridgehead atoms. The number of pyridine rings is 1. The molecule has 2 aliphatic heterocycles. The van der Waals surface area contributed by atoms with E-state index in [9.17, 15) is 27.6 Å². The van der Waals surface area contributed by atoms with E-state index in [4.69, 9.17) is 6.57 Å². The second-order valence-electron chi connectivity index (χ2n) is 11.0. The van der Waals surface area contributed by atoms with Crippen molar-refractivity contribution in [2.45, 2.75) is 50.5 Å². The Bertz CT molecular complexity index is 1600. The van der Waals surface area contributed by atoms with E-state index in [1.807, 2.05) is 26.0 Å². The van der Waals surface area contributed by atoms with E-state index >= 15 is 0 Å². The summed E-state index contributed by atoms with van der Waals surface area (Å²) in [4.78, 5) is 51.1. The summed E-state index contributed by atoms with van der Waals surface area (Å²) in [6, 6.07) is 11.2. The predicted octanol–water partition coefficient (Wildman–Crippen LogP) is 5.11. The van der Waals surface area contributed by atoms with E-state index in [1.165, 1.54) is 35.0 Å². The average molecular weight is 564 g/mol. The Morgan fingerprint density at radius 3 is 2.63 bits per heavy atom. The molecule has 1 N–H and O–H groups in total. The number of carbonyl (C=O) groups excluding carboxylic acids is 3. The van der Waals surface area contributed by atoms with Gasteiger partial charge >= 0.3 is 12.3 Å². The minimum atomic E-state index is -4.60. The lowest BCUT2D eigenvalue weighted by molar-refractivity contribution is -0.137. The summed E-state index contributed by atoms with van der Waals surface area (Å²) < 4.78 is 40.3. The fraction of sp³-hybridized carbons (Fsp3) is 0.367. The van der Waals surface area contributed by atoms with Gasteiger partial charge in [-0.05, 0) is 36.1 Å². The summed E-state index contributed by atoms with van der Waals surface area (Å²) in [5.74, 6) is -1.33. The number of amides is 3. The molecule has 3 aromatic rings. The van der Waals surface area contributed by atoms with Crippen LogP contribution in [0.2, 0.25) is 0 Å². The zero-order valence-electron chi connectivity index (χ0n) is 22.7. The number of para-hydroxylation sites is 2. The number of nitrogens with zero attached hydrogens (tertiary/aromatic N) is 4. The molecule has 0 saturated carbocycles. The summed E-state index contributed by atoms with van der Waals surface area (Å²) in [5.41, 5.74) is -0.819. The van der Waals surface area contributed by atoms with Crippen LogP contribution in [0.1, 0.15) is 48.2 Å². The van der Waals surface area contributed by atoms with E-state index in [2.05, 4.69) is 15.1 Å². The van der Waals surface area contributed by atoms with Crippen LogP contribution in [0.5, 0.6) is 0 Å². The third-order valence-electron chi connectivity index (χ3n) is 7.92. The quantitative estimate of drug-likeness (QED) is 0.438. The first-order valence-electron chi connectivity index (χ1n) is 13.2. The normalized spacial score (nSPS) is 20.7. The van der Waals surface area contributed by atoms with Crippen molar-refractivity contribution in [1.29, 1.82) is 0 Å². The fourth-order valence-electron chi connectivity index (χ4n) is 5.87. The molecular weight excluding hydrogens is 535 g/mol. The highest BCUT2D eigenvalue weighted by Crippen LogP contribution is 2.47. The predicted molar refractivity (Wildman–Crippen MR) is 146 cm³/mol. The maximum absolute atomic E-state index is 14.1. The molecule has 1 aromatic heterocycles. The molecule has 1 saturated heterocycles. The highest BCUT2D eigenvalue weighted by molar-refractivity contribution is 6.07. The topological polar surface area (TPSA) is 87.0 Å². The standard InChI is InChI=1S/C30H28F3N5O3/c1-17(2)12-23(37(4)26(39)19-13-18-8-7-10-21(30(31,32)33)25(18)35-15-19)27(40)38-16-29(14-24(38)34-3)20-9-5-6-11-22(20)36-28(29)41/h5-11,13,15,17,23-24H,12,14,16H2,1-2,4H3,(H,36,41)/t23-,24-,29-/m0/s1. The van der Waals surface area contributed by atoms with Crippen molar-refractivity contribution >= 4 is 34.3 Å². The molecule has 2 aromatic carbocycles. The minimum absolute atomic E-state index is 0.00387. The molecule has 212 valence electrons. The SMILES string of the molecule is [C-]#[N+][C@@H]1C[C@@]2(CN1C(=O)[C@H](CC(C)C)N(C)C(=O)c1cnc3c(C(F)(F)F)cccc3c1)C(=O)Nc1ccccc12. The number of hydrogen-bond donors (Lipinski definition) is 1. The summed E-state index contributed by atoms with van der Waals surface area (Å²) in [6.45, 7) is 11.6. The Balaban J connectivity index is 1.46. The molecule has 8 nitrogen and oxygen atoms in total. The van der Waals surface area contributed by atoms with Gasteiger partial charge in [0.05, 0.1) is 23.1 Å².